The molecule has 0 saturated carbocycles. The highest BCUT2D eigenvalue weighted by Gasteiger charge is 2.42. The van der Waals surface area contributed by atoms with Crippen LogP contribution in [0.15, 0.2) is 133 Å². The summed E-state index contributed by atoms with van der Waals surface area (Å²) in [6, 6.07) is 38.4. The second-order valence-corrected chi connectivity index (χ2v) is 23.9. The number of nitrogens with zero attached hydrogens (tertiary/aromatic N) is 4. The number of hydrogen-bond donors (Lipinski definition) is 0. The lowest BCUT2D eigenvalue weighted by Gasteiger charge is -2.34. The fourth-order valence-electron chi connectivity index (χ4n) is 15.0. The first-order chi connectivity index (χ1) is 44.1. The van der Waals surface area contributed by atoms with E-state index in [4.69, 9.17) is 23.7 Å². The van der Waals surface area contributed by atoms with Crippen molar-refractivity contribution in [1.29, 1.82) is 0 Å². The maximum absolute atomic E-state index is 14.7. The first kappa shape index (κ1) is 55.3. The van der Waals surface area contributed by atoms with E-state index in [-0.39, 0.29) is 26.3 Å². The molecular formula is C74H54N4O13. The molecule has 4 aliphatic rings. The molecule has 2 unspecified atom stereocenters. The smallest absolute Gasteiger partial charge is 0.261 e. The minimum Gasteiger partial charge on any atom is -0.493 e. The van der Waals surface area contributed by atoms with E-state index in [9.17, 15) is 38.4 Å². The van der Waals surface area contributed by atoms with Gasteiger partial charge in [-0.05, 0) is 175 Å². The highest BCUT2D eigenvalue weighted by molar-refractivity contribution is 6.43. The lowest BCUT2D eigenvalue weighted by Crippen LogP contribution is -2.49. The van der Waals surface area contributed by atoms with Gasteiger partial charge in [-0.3, -0.25) is 58.0 Å². The van der Waals surface area contributed by atoms with Crippen molar-refractivity contribution >= 4 is 133 Å². The summed E-state index contributed by atoms with van der Waals surface area (Å²) in [6.07, 6.45) is 0.798. The predicted octanol–water partition coefficient (Wildman–Crippen LogP) is 12.2. The number of benzene rings is 12. The zero-order valence-corrected chi connectivity index (χ0v) is 50.2. The van der Waals surface area contributed by atoms with Crippen LogP contribution in [0.2, 0.25) is 0 Å². The van der Waals surface area contributed by atoms with Gasteiger partial charge >= 0.3 is 0 Å². The summed E-state index contributed by atoms with van der Waals surface area (Å²) in [7, 11) is 6.22. The van der Waals surface area contributed by atoms with Crippen molar-refractivity contribution in [3.63, 3.8) is 0 Å². The van der Waals surface area contributed by atoms with E-state index in [1.54, 1.807) is 103 Å². The van der Waals surface area contributed by atoms with Gasteiger partial charge in [0.25, 0.3) is 47.3 Å². The fourth-order valence-corrected chi connectivity index (χ4v) is 15.0. The van der Waals surface area contributed by atoms with Gasteiger partial charge in [-0.15, -0.1) is 0 Å². The highest BCUT2D eigenvalue weighted by Crippen LogP contribution is 2.49. The molecule has 17 nitrogen and oxygen atoms in total. The summed E-state index contributed by atoms with van der Waals surface area (Å²) in [4.78, 5) is 121. The van der Waals surface area contributed by atoms with E-state index in [2.05, 4.69) is 0 Å². The van der Waals surface area contributed by atoms with E-state index < -0.39 is 59.3 Å². The molecule has 0 spiro atoms. The molecule has 8 amide bonds. The molecule has 0 aliphatic carbocycles. The third-order valence-electron chi connectivity index (χ3n) is 19.2. The normalized spacial score (nSPS) is 15.5. The molecule has 0 fully saturated rings. The molecule has 2 atom stereocenters. The topological polar surface area (TPSA) is 196 Å². The predicted molar refractivity (Wildman–Crippen MR) is 343 cm³/mol. The van der Waals surface area contributed by atoms with E-state index in [1.807, 2.05) is 72.8 Å². The van der Waals surface area contributed by atoms with Gasteiger partial charge in [-0.1, -0.05) is 60.7 Å². The Balaban J connectivity index is 0.636. The van der Waals surface area contributed by atoms with E-state index in [0.29, 0.717) is 102 Å². The minimum absolute atomic E-state index is 0.0976. The van der Waals surface area contributed by atoms with Crippen molar-refractivity contribution < 1.29 is 62.0 Å². The van der Waals surface area contributed by atoms with Crippen LogP contribution in [-0.4, -0.2) is 134 Å². The third kappa shape index (κ3) is 7.67. The molecule has 448 valence electrons. The van der Waals surface area contributed by atoms with Crippen molar-refractivity contribution in [3.8, 4) is 23.0 Å². The van der Waals surface area contributed by atoms with E-state index in [0.717, 1.165) is 75.8 Å². The Labute approximate surface area is 518 Å². The largest absolute Gasteiger partial charge is 0.493 e. The summed E-state index contributed by atoms with van der Waals surface area (Å²) in [5, 5.41) is 11.3. The number of amides is 8. The Bertz CT molecular complexity index is 4790. The number of hydrogen-bond acceptors (Lipinski definition) is 13. The maximum atomic E-state index is 14.7. The van der Waals surface area contributed by atoms with Crippen molar-refractivity contribution in [2.24, 2.45) is 0 Å². The second-order valence-electron chi connectivity index (χ2n) is 23.9. The summed E-state index contributed by atoms with van der Waals surface area (Å²) in [6.45, 7) is 3.54. The number of fused-ring (bicyclic) bond motifs is 4. The molecule has 0 saturated heterocycles. The second kappa shape index (κ2) is 20.2. The molecule has 0 bridgehead atoms. The third-order valence-corrected chi connectivity index (χ3v) is 19.2. The van der Waals surface area contributed by atoms with Gasteiger partial charge in [0.15, 0.2) is 23.0 Å². The van der Waals surface area contributed by atoms with Crippen LogP contribution in [0.3, 0.4) is 0 Å². The van der Waals surface area contributed by atoms with Crippen LogP contribution in [0.4, 0.5) is 0 Å². The number of methoxy groups -OCH3 is 4. The molecule has 16 rings (SSSR count). The van der Waals surface area contributed by atoms with Crippen LogP contribution in [-0.2, 0) is 17.6 Å². The Morgan fingerprint density at radius 2 is 0.538 bits per heavy atom. The average Bonchev–Trinajstić information content (AvgIpc) is 0.699. The molecule has 91 heavy (non-hydrogen) atoms. The standard InChI is InChI=1S/C74H54N4O13/c1-35(77-71(83)51-21-13-43-39-9-17-47-63-48(18-10-40(59(39)63)44-14-22-52(72(77)84)65(51)61(43)44)68(80)75(67(47)79)29-27-37-7-25-55(87-3)57(31-37)89-5)33-91-34-36(2)78-73(85)53-23-15-45-41-11-19-49-64-50(20-12-42(60(41)64)46-16-24-54(74(78)86)66(53)62(45)46)70(82)76(69(49)81)30-28-38-8-26-56(88-4)58(32-38)90-6/h7-26,31-32,35-36H,27-30,33-34H2,1-6H3. The van der Waals surface area contributed by atoms with E-state index in [1.165, 1.54) is 19.6 Å². The van der Waals surface area contributed by atoms with Gasteiger partial charge in [0.05, 0.1) is 53.7 Å². The highest BCUT2D eigenvalue weighted by atomic mass is 16.5. The van der Waals surface area contributed by atoms with Crippen molar-refractivity contribution in [2.45, 2.75) is 38.8 Å². The zero-order valence-electron chi connectivity index (χ0n) is 50.2. The van der Waals surface area contributed by atoms with Crippen LogP contribution in [0.5, 0.6) is 23.0 Å². The number of carbonyl (C=O) groups is 8. The molecule has 0 N–H and O–H groups in total. The van der Waals surface area contributed by atoms with Crippen molar-refractivity contribution in [2.75, 3.05) is 54.7 Å². The first-order valence-electron chi connectivity index (χ1n) is 30.0. The molecule has 4 aliphatic heterocycles. The van der Waals surface area contributed by atoms with Gasteiger partial charge in [0.2, 0.25) is 0 Å². The number of imide groups is 4. The minimum atomic E-state index is -0.767. The van der Waals surface area contributed by atoms with Crippen LogP contribution in [0.1, 0.15) is 108 Å². The lowest BCUT2D eigenvalue weighted by molar-refractivity contribution is 0.0235. The summed E-state index contributed by atoms with van der Waals surface area (Å²) in [5.74, 6) is -1.34. The van der Waals surface area contributed by atoms with Crippen molar-refractivity contribution in [3.05, 3.63) is 189 Å². The van der Waals surface area contributed by atoms with E-state index >= 15 is 0 Å². The molecule has 0 aromatic heterocycles. The Hall–Kier alpha value is -11.0. The Morgan fingerprint density at radius 1 is 0.297 bits per heavy atom. The van der Waals surface area contributed by atoms with Crippen LogP contribution in [0, 0.1) is 0 Å². The van der Waals surface area contributed by atoms with Crippen LogP contribution in [0.25, 0.3) is 86.2 Å². The molecule has 17 heteroatoms. The van der Waals surface area contributed by atoms with Gasteiger partial charge in [-0.2, -0.15) is 0 Å². The summed E-state index contributed by atoms with van der Waals surface area (Å²) < 4.78 is 28.0. The SMILES string of the molecule is COc1ccc(CCN2C(=O)c3ccc4c5ccc6c7c(ccc(c8ccc(c3c48)C2=O)c75)C(=O)N(C(C)COCC(C)N2C(=O)c3ccc4c5ccc7c8c(ccc(c9ccc(c3c49)C2=O)c85)C(=O)N(CCc2ccc(OC)c(OC)c2)C7=O)C6=O)cc1OC. The Morgan fingerprint density at radius 3 is 0.780 bits per heavy atom. The van der Waals surface area contributed by atoms with Crippen LogP contribution >= 0.6 is 0 Å². The molecular weight excluding hydrogens is 1150 g/mol. The Kier molecular flexibility index (Phi) is 12.3. The van der Waals surface area contributed by atoms with Gasteiger partial charge in [-0.25, -0.2) is 0 Å². The summed E-state index contributed by atoms with van der Waals surface area (Å²) >= 11 is 0. The lowest BCUT2D eigenvalue weighted by atomic mass is 9.82. The number of ether oxygens (including phenoxy) is 5. The quantitative estimate of drug-likeness (QED) is 0.0504. The van der Waals surface area contributed by atoms with Gasteiger partial charge in [0.1, 0.15) is 0 Å². The molecule has 4 heterocycles. The molecule has 12 aromatic rings. The maximum Gasteiger partial charge on any atom is 0.261 e. The number of rotatable bonds is 16. The average molecular weight is 1210 g/mol. The fraction of sp³-hybridized carbons (Fsp3) is 0.189. The van der Waals surface area contributed by atoms with Gasteiger partial charge in [0, 0.05) is 79.1 Å². The molecule has 0 radical (unpaired) electrons. The number of carbonyl (C=O) groups excluding carboxylic acids is 8. The monoisotopic (exact) mass is 1210 g/mol. The van der Waals surface area contributed by atoms with Crippen LogP contribution < -0.4 is 18.9 Å². The van der Waals surface area contributed by atoms with Gasteiger partial charge < -0.3 is 23.7 Å². The summed E-state index contributed by atoms with van der Waals surface area (Å²) in [5.41, 5.74) is 4.73. The van der Waals surface area contributed by atoms with Crippen molar-refractivity contribution in [1.82, 2.24) is 19.6 Å². The molecule has 12 aromatic carbocycles. The first-order valence-corrected chi connectivity index (χ1v) is 30.0. The zero-order chi connectivity index (χ0) is 62.7.